The Hall–Kier alpha value is -1.18. The average Bonchev–Trinajstić information content (AvgIpc) is 2.59. The number of benzene rings is 1. The monoisotopic (exact) mass is 364 g/mol. The van der Waals surface area contributed by atoms with Gasteiger partial charge in [-0.05, 0) is 43.4 Å². The van der Waals surface area contributed by atoms with E-state index in [9.17, 15) is 14.6 Å². The van der Waals surface area contributed by atoms with Crippen LogP contribution in [0.2, 0.25) is 0 Å². The molecule has 0 aromatic heterocycles. The maximum Gasteiger partial charge on any atom is 0.203 e. The van der Waals surface area contributed by atoms with Crippen molar-refractivity contribution in [1.82, 2.24) is 5.32 Å². The Morgan fingerprint density at radius 2 is 1.92 bits per heavy atom. The summed E-state index contributed by atoms with van der Waals surface area (Å²) in [5.41, 5.74) is 1.63. The summed E-state index contributed by atoms with van der Waals surface area (Å²) in [4.78, 5) is 10.2. The van der Waals surface area contributed by atoms with Crippen molar-refractivity contribution in [3.8, 4) is 6.07 Å². The molecular formula is C19H29N2O3P. The summed E-state index contributed by atoms with van der Waals surface area (Å²) < 4.78 is 12.4. The van der Waals surface area contributed by atoms with Crippen LogP contribution in [0.5, 0.6) is 0 Å². The van der Waals surface area contributed by atoms with Gasteiger partial charge in [0.25, 0.3) is 0 Å². The lowest BCUT2D eigenvalue weighted by molar-refractivity contribution is 0.186. The van der Waals surface area contributed by atoms with E-state index in [-0.39, 0.29) is 18.7 Å². The summed E-state index contributed by atoms with van der Waals surface area (Å²) in [6, 6.07) is 9.36. The molecule has 25 heavy (non-hydrogen) atoms. The van der Waals surface area contributed by atoms with Gasteiger partial charge in [0.15, 0.2) is 0 Å². The highest BCUT2D eigenvalue weighted by atomic mass is 31.2. The highest BCUT2D eigenvalue weighted by Gasteiger charge is 2.28. The van der Waals surface area contributed by atoms with Crippen LogP contribution in [0.3, 0.4) is 0 Å². The predicted molar refractivity (Wildman–Crippen MR) is 99.7 cm³/mol. The number of hydrogen-bond acceptors (Lipinski definition) is 4. The molecule has 0 aliphatic heterocycles. The van der Waals surface area contributed by atoms with Crippen molar-refractivity contribution in [2.75, 3.05) is 18.9 Å². The van der Waals surface area contributed by atoms with Crippen molar-refractivity contribution in [2.24, 2.45) is 5.92 Å². The van der Waals surface area contributed by atoms with Crippen molar-refractivity contribution in [1.29, 1.82) is 5.26 Å². The Morgan fingerprint density at radius 3 is 2.52 bits per heavy atom. The number of hydrogen-bond donors (Lipinski definition) is 3. The highest BCUT2D eigenvalue weighted by molar-refractivity contribution is 7.58. The Bertz CT molecular complexity index is 621. The maximum atomic E-state index is 12.4. The molecule has 0 saturated heterocycles. The molecule has 0 heterocycles. The zero-order valence-corrected chi connectivity index (χ0v) is 15.8. The molecule has 1 aliphatic carbocycles. The second kappa shape index (κ2) is 9.50. The Morgan fingerprint density at radius 1 is 1.28 bits per heavy atom. The van der Waals surface area contributed by atoms with Gasteiger partial charge in [0.1, 0.15) is 0 Å². The molecule has 5 nitrogen and oxygen atoms in total. The zero-order chi connectivity index (χ0) is 18.3. The zero-order valence-electron chi connectivity index (χ0n) is 14.9. The van der Waals surface area contributed by atoms with Gasteiger partial charge in [0, 0.05) is 18.7 Å². The lowest BCUT2D eigenvalue weighted by Crippen LogP contribution is -2.32. The second-order valence-electron chi connectivity index (χ2n) is 7.23. The van der Waals surface area contributed by atoms with E-state index in [2.05, 4.69) is 11.4 Å². The first-order valence-electron chi connectivity index (χ1n) is 9.12. The molecule has 1 unspecified atom stereocenters. The van der Waals surface area contributed by atoms with Crippen LogP contribution in [0, 0.1) is 17.2 Å². The fourth-order valence-electron chi connectivity index (χ4n) is 3.52. The Labute approximate surface area is 150 Å². The van der Waals surface area contributed by atoms with Gasteiger partial charge in [0.2, 0.25) is 7.37 Å². The first-order chi connectivity index (χ1) is 11.9. The van der Waals surface area contributed by atoms with Crippen LogP contribution in [-0.2, 0) is 4.57 Å². The lowest BCUT2D eigenvalue weighted by Gasteiger charge is -2.25. The third-order valence-electron chi connectivity index (χ3n) is 4.96. The van der Waals surface area contributed by atoms with Gasteiger partial charge in [-0.3, -0.25) is 4.57 Å². The first kappa shape index (κ1) is 20.1. The van der Waals surface area contributed by atoms with E-state index in [1.54, 1.807) is 12.1 Å². The molecule has 3 atom stereocenters. The quantitative estimate of drug-likeness (QED) is 0.615. The summed E-state index contributed by atoms with van der Waals surface area (Å²) in [5.74, 6) is 0.335. The molecule has 1 saturated carbocycles. The first-order valence-corrected chi connectivity index (χ1v) is 11.1. The molecule has 1 fully saturated rings. The molecule has 0 spiro atoms. The van der Waals surface area contributed by atoms with E-state index in [0.29, 0.717) is 17.6 Å². The van der Waals surface area contributed by atoms with E-state index in [0.717, 1.165) is 31.2 Å². The molecule has 1 aromatic carbocycles. The van der Waals surface area contributed by atoms with Crippen molar-refractivity contribution >= 4 is 7.37 Å². The molecular weight excluding hydrogens is 335 g/mol. The minimum atomic E-state index is -3.29. The maximum absolute atomic E-state index is 12.4. The summed E-state index contributed by atoms with van der Waals surface area (Å²) in [6.07, 6.45) is 5.06. The van der Waals surface area contributed by atoms with Gasteiger partial charge in [-0.15, -0.1) is 0 Å². The SMILES string of the molecule is C[C@H](NC[C@H](O)CP(=O)(O)CC1CCCCC1)c1ccc(C#N)cc1. The van der Waals surface area contributed by atoms with Gasteiger partial charge in [-0.1, -0.05) is 31.4 Å². The fourth-order valence-corrected chi connectivity index (χ4v) is 5.63. The van der Waals surface area contributed by atoms with Crippen LogP contribution in [0.15, 0.2) is 24.3 Å². The van der Waals surface area contributed by atoms with Crippen molar-refractivity contribution in [2.45, 2.75) is 51.2 Å². The summed E-state index contributed by atoms with van der Waals surface area (Å²) in [5, 5.41) is 22.2. The summed E-state index contributed by atoms with van der Waals surface area (Å²) in [7, 11) is -3.29. The van der Waals surface area contributed by atoms with Gasteiger partial charge in [0.05, 0.1) is 23.9 Å². The lowest BCUT2D eigenvalue weighted by atomic mass is 9.91. The van der Waals surface area contributed by atoms with Gasteiger partial charge >= 0.3 is 0 Å². The number of aliphatic hydroxyl groups is 1. The number of nitrogens with zero attached hydrogens (tertiary/aromatic N) is 1. The fraction of sp³-hybridized carbons (Fsp3) is 0.632. The molecule has 6 heteroatoms. The van der Waals surface area contributed by atoms with Crippen LogP contribution in [0.1, 0.15) is 56.2 Å². The standard InChI is InChI=1S/C19H29N2O3P/c1-15(18-9-7-16(11-20)8-10-18)21-12-19(22)14-25(23,24)13-17-5-3-2-4-6-17/h7-10,15,17,19,21-22H,2-6,12-14H2,1H3,(H,23,24)/t15-,19-/m0/s1. The van der Waals surface area contributed by atoms with Crippen LogP contribution in [0.25, 0.3) is 0 Å². The molecule has 3 N–H and O–H groups in total. The van der Waals surface area contributed by atoms with Gasteiger partial charge in [-0.25, -0.2) is 0 Å². The minimum Gasteiger partial charge on any atom is -0.391 e. The number of rotatable bonds is 8. The average molecular weight is 364 g/mol. The smallest absolute Gasteiger partial charge is 0.203 e. The van der Waals surface area contributed by atoms with Crippen LogP contribution >= 0.6 is 7.37 Å². The molecule has 0 bridgehead atoms. The van der Waals surface area contributed by atoms with E-state index in [1.165, 1.54) is 6.42 Å². The number of aliphatic hydroxyl groups excluding tert-OH is 1. The predicted octanol–water partition coefficient (Wildman–Crippen LogP) is 3.42. The van der Waals surface area contributed by atoms with Crippen LogP contribution in [0.4, 0.5) is 0 Å². The normalized spacial score (nSPS) is 20.4. The third kappa shape index (κ3) is 6.92. The van der Waals surface area contributed by atoms with E-state index in [1.807, 2.05) is 19.1 Å². The number of nitriles is 1. The Balaban J connectivity index is 1.77. The molecule has 2 rings (SSSR count). The molecule has 0 radical (unpaired) electrons. The molecule has 138 valence electrons. The minimum absolute atomic E-state index is 0.00110. The molecule has 0 amide bonds. The van der Waals surface area contributed by atoms with Gasteiger partial charge < -0.3 is 15.3 Å². The van der Waals surface area contributed by atoms with Crippen LogP contribution in [-0.4, -0.2) is 35.0 Å². The largest absolute Gasteiger partial charge is 0.391 e. The topological polar surface area (TPSA) is 93.3 Å². The summed E-state index contributed by atoms with van der Waals surface area (Å²) in [6.45, 7) is 2.24. The van der Waals surface area contributed by atoms with Crippen molar-refractivity contribution < 1.29 is 14.6 Å². The molecule has 1 aromatic rings. The number of nitrogens with one attached hydrogen (secondary N) is 1. The van der Waals surface area contributed by atoms with Crippen molar-refractivity contribution in [3.05, 3.63) is 35.4 Å². The highest BCUT2D eigenvalue weighted by Crippen LogP contribution is 2.45. The van der Waals surface area contributed by atoms with E-state index >= 15 is 0 Å². The van der Waals surface area contributed by atoms with E-state index < -0.39 is 13.5 Å². The van der Waals surface area contributed by atoms with Crippen LogP contribution < -0.4 is 5.32 Å². The summed E-state index contributed by atoms with van der Waals surface area (Å²) >= 11 is 0. The van der Waals surface area contributed by atoms with Gasteiger partial charge in [-0.2, -0.15) is 5.26 Å². The van der Waals surface area contributed by atoms with E-state index in [4.69, 9.17) is 5.26 Å². The second-order valence-corrected chi connectivity index (χ2v) is 9.66. The molecule has 1 aliphatic rings. The van der Waals surface area contributed by atoms with Crippen molar-refractivity contribution in [3.63, 3.8) is 0 Å². The Kier molecular flexibility index (Phi) is 7.65. The third-order valence-corrected chi connectivity index (χ3v) is 7.04.